The largest absolute Gasteiger partial charge is 0.495 e. The van der Waals surface area contributed by atoms with Gasteiger partial charge in [-0.25, -0.2) is 0 Å². The van der Waals surface area contributed by atoms with Crippen molar-refractivity contribution < 1.29 is 14.3 Å². The minimum absolute atomic E-state index is 0.0371. The van der Waals surface area contributed by atoms with Gasteiger partial charge in [-0.1, -0.05) is 42.8 Å². The first-order valence-electron chi connectivity index (χ1n) is 8.69. The minimum atomic E-state index is -0.280. The van der Waals surface area contributed by atoms with E-state index in [1.54, 1.807) is 43.5 Å². The second-order valence-corrected chi connectivity index (χ2v) is 6.33. The summed E-state index contributed by atoms with van der Waals surface area (Å²) in [5.41, 5.74) is 1.40. The highest BCUT2D eigenvalue weighted by atomic mass is 35.5. The average molecular weight is 387 g/mol. The van der Waals surface area contributed by atoms with Gasteiger partial charge in [0.15, 0.2) is 0 Å². The molecule has 0 aliphatic heterocycles. The third-order valence-corrected chi connectivity index (χ3v) is 4.02. The lowest BCUT2D eigenvalue weighted by Crippen LogP contribution is -2.37. The first-order valence-corrected chi connectivity index (χ1v) is 9.06. The lowest BCUT2D eigenvalue weighted by atomic mass is 10.2. The number of methoxy groups -OCH3 is 1. The third-order valence-electron chi connectivity index (χ3n) is 3.79. The van der Waals surface area contributed by atoms with Crippen LogP contribution >= 0.6 is 11.6 Å². The Morgan fingerprint density at radius 3 is 2.67 bits per heavy atom. The van der Waals surface area contributed by atoms with Crippen LogP contribution < -0.4 is 10.1 Å². The zero-order valence-electron chi connectivity index (χ0n) is 15.4. The van der Waals surface area contributed by atoms with E-state index in [1.807, 2.05) is 25.1 Å². The van der Waals surface area contributed by atoms with Crippen LogP contribution in [0.15, 0.2) is 54.6 Å². The first-order chi connectivity index (χ1) is 13.0. The molecule has 0 heterocycles. The van der Waals surface area contributed by atoms with Gasteiger partial charge >= 0.3 is 0 Å². The molecule has 5 nitrogen and oxygen atoms in total. The minimum Gasteiger partial charge on any atom is -0.495 e. The Morgan fingerprint density at radius 1 is 1.19 bits per heavy atom. The molecule has 6 heteroatoms. The summed E-state index contributed by atoms with van der Waals surface area (Å²) in [5, 5.41) is 3.39. The fraction of sp³-hybridized carbons (Fsp3) is 0.238. The van der Waals surface area contributed by atoms with E-state index in [9.17, 15) is 9.59 Å². The molecule has 0 radical (unpaired) electrons. The predicted molar refractivity (Wildman–Crippen MR) is 109 cm³/mol. The highest BCUT2D eigenvalue weighted by Gasteiger charge is 2.15. The second-order valence-electron chi connectivity index (χ2n) is 5.90. The van der Waals surface area contributed by atoms with Crippen LogP contribution in [0.25, 0.3) is 6.08 Å². The number of carbonyl (C=O) groups excluding carboxylic acids is 2. The van der Waals surface area contributed by atoms with Gasteiger partial charge in [0.25, 0.3) is 0 Å². The quantitative estimate of drug-likeness (QED) is 0.690. The molecule has 2 aromatic rings. The summed E-state index contributed by atoms with van der Waals surface area (Å²) < 4.78 is 5.23. The number of halogens is 1. The molecule has 0 saturated heterocycles. The van der Waals surface area contributed by atoms with Crippen molar-refractivity contribution in [2.24, 2.45) is 0 Å². The maximum absolute atomic E-state index is 12.5. The highest BCUT2D eigenvalue weighted by Crippen LogP contribution is 2.22. The summed E-state index contributed by atoms with van der Waals surface area (Å²) in [7, 11) is 1.54. The molecule has 0 saturated carbocycles. The monoisotopic (exact) mass is 386 g/mol. The Labute approximate surface area is 164 Å². The standard InChI is InChI=1S/C21H23ClN2O3/c1-3-13-24(21(26)12-11-16-7-6-8-17(22)14-16)15-20(25)23-18-9-4-5-10-19(18)27-2/h4-12,14H,3,13,15H2,1-2H3,(H,23,25)/b12-11+. The number of carbonyl (C=O) groups is 2. The van der Waals surface area contributed by atoms with Crippen LogP contribution in [0.4, 0.5) is 5.69 Å². The molecule has 0 aliphatic rings. The number of hydrogen-bond donors (Lipinski definition) is 1. The molecule has 0 spiro atoms. The number of ether oxygens (including phenoxy) is 1. The van der Waals surface area contributed by atoms with Gasteiger partial charge < -0.3 is 15.0 Å². The van der Waals surface area contributed by atoms with E-state index >= 15 is 0 Å². The highest BCUT2D eigenvalue weighted by molar-refractivity contribution is 6.30. The fourth-order valence-electron chi connectivity index (χ4n) is 2.53. The van der Waals surface area contributed by atoms with E-state index in [4.69, 9.17) is 16.3 Å². The number of hydrogen-bond acceptors (Lipinski definition) is 3. The topological polar surface area (TPSA) is 58.6 Å². The Kier molecular flexibility index (Phi) is 7.89. The maximum Gasteiger partial charge on any atom is 0.247 e. The number of amides is 2. The summed E-state index contributed by atoms with van der Waals surface area (Å²) in [6, 6.07) is 14.4. The van der Waals surface area contributed by atoms with Gasteiger partial charge in [-0.15, -0.1) is 0 Å². The molecule has 142 valence electrons. The van der Waals surface area contributed by atoms with Crippen molar-refractivity contribution in [1.29, 1.82) is 0 Å². The summed E-state index contributed by atoms with van der Waals surface area (Å²) >= 11 is 5.95. The summed E-state index contributed by atoms with van der Waals surface area (Å²) in [4.78, 5) is 26.4. The van der Waals surface area contributed by atoms with E-state index in [0.29, 0.717) is 23.0 Å². The van der Waals surface area contributed by atoms with Crippen molar-refractivity contribution in [3.05, 3.63) is 65.2 Å². The normalized spacial score (nSPS) is 10.6. The van der Waals surface area contributed by atoms with Crippen LogP contribution in [0.1, 0.15) is 18.9 Å². The Bertz CT molecular complexity index is 821. The van der Waals surface area contributed by atoms with Crippen molar-refractivity contribution in [3.63, 3.8) is 0 Å². The molecule has 0 aromatic heterocycles. The van der Waals surface area contributed by atoms with E-state index in [2.05, 4.69) is 5.32 Å². The van der Waals surface area contributed by atoms with Crippen molar-refractivity contribution in [3.8, 4) is 5.75 Å². The molecule has 2 amide bonds. The lowest BCUT2D eigenvalue weighted by Gasteiger charge is -2.20. The van der Waals surface area contributed by atoms with Crippen LogP contribution in [0.3, 0.4) is 0 Å². The van der Waals surface area contributed by atoms with Crippen LogP contribution in [0.2, 0.25) is 5.02 Å². The molecule has 0 aliphatic carbocycles. The molecule has 0 unspecified atom stereocenters. The Morgan fingerprint density at radius 2 is 1.96 bits per heavy atom. The number of anilines is 1. The fourth-order valence-corrected chi connectivity index (χ4v) is 2.73. The lowest BCUT2D eigenvalue weighted by molar-refractivity contribution is -0.130. The van der Waals surface area contributed by atoms with Crippen molar-refractivity contribution >= 4 is 35.2 Å². The van der Waals surface area contributed by atoms with Gasteiger partial charge in [-0.2, -0.15) is 0 Å². The molecule has 0 bridgehead atoms. The van der Waals surface area contributed by atoms with Gasteiger partial charge in [0.1, 0.15) is 12.3 Å². The van der Waals surface area contributed by atoms with Gasteiger partial charge in [-0.3, -0.25) is 9.59 Å². The van der Waals surface area contributed by atoms with E-state index in [1.165, 1.54) is 11.0 Å². The third kappa shape index (κ3) is 6.46. The number of nitrogens with zero attached hydrogens (tertiary/aromatic N) is 1. The molecular formula is C21H23ClN2O3. The van der Waals surface area contributed by atoms with E-state index in [0.717, 1.165) is 12.0 Å². The van der Waals surface area contributed by atoms with Crippen LogP contribution in [0.5, 0.6) is 5.75 Å². The number of benzene rings is 2. The number of para-hydroxylation sites is 2. The first kappa shape index (κ1) is 20.5. The molecule has 0 atom stereocenters. The van der Waals surface area contributed by atoms with Gasteiger partial charge in [0.2, 0.25) is 11.8 Å². The number of nitrogens with one attached hydrogen (secondary N) is 1. The van der Waals surface area contributed by atoms with E-state index < -0.39 is 0 Å². The molecule has 2 rings (SSSR count). The molecule has 1 N–H and O–H groups in total. The van der Waals surface area contributed by atoms with Crippen LogP contribution in [-0.4, -0.2) is 36.9 Å². The van der Waals surface area contributed by atoms with Crippen LogP contribution in [0, 0.1) is 0 Å². The van der Waals surface area contributed by atoms with E-state index in [-0.39, 0.29) is 18.4 Å². The van der Waals surface area contributed by atoms with Crippen LogP contribution in [-0.2, 0) is 9.59 Å². The Hall–Kier alpha value is -2.79. The summed E-state index contributed by atoms with van der Waals surface area (Å²) in [6.45, 7) is 2.40. The SMILES string of the molecule is CCCN(CC(=O)Nc1ccccc1OC)C(=O)/C=C/c1cccc(Cl)c1. The Balaban J connectivity index is 2.03. The van der Waals surface area contributed by atoms with Crippen molar-refractivity contribution in [2.75, 3.05) is 25.5 Å². The van der Waals surface area contributed by atoms with Gasteiger partial charge in [-0.05, 0) is 42.3 Å². The number of rotatable bonds is 8. The molecule has 27 heavy (non-hydrogen) atoms. The second kappa shape index (κ2) is 10.4. The predicted octanol–water partition coefficient (Wildman–Crippen LogP) is 4.24. The zero-order chi connectivity index (χ0) is 19.6. The molecular weight excluding hydrogens is 364 g/mol. The van der Waals surface area contributed by atoms with Gasteiger partial charge in [0, 0.05) is 17.6 Å². The summed E-state index contributed by atoms with van der Waals surface area (Å²) in [5.74, 6) is 0.0597. The van der Waals surface area contributed by atoms with Crippen molar-refractivity contribution in [2.45, 2.75) is 13.3 Å². The van der Waals surface area contributed by atoms with Crippen molar-refractivity contribution in [1.82, 2.24) is 4.90 Å². The summed E-state index contributed by atoms with van der Waals surface area (Å²) in [6.07, 6.45) is 3.89. The maximum atomic E-state index is 12.5. The average Bonchev–Trinajstić information content (AvgIpc) is 2.66. The molecule has 0 fully saturated rings. The van der Waals surface area contributed by atoms with Gasteiger partial charge in [0.05, 0.1) is 12.8 Å². The zero-order valence-corrected chi connectivity index (χ0v) is 16.2. The molecule has 2 aromatic carbocycles. The smallest absolute Gasteiger partial charge is 0.247 e.